The molecule has 1 heterocycles. The first-order valence-corrected chi connectivity index (χ1v) is 8.26. The molecule has 136 valence electrons. The number of benzene rings is 1. The summed E-state index contributed by atoms with van der Waals surface area (Å²) in [7, 11) is 3.47. The van der Waals surface area contributed by atoms with Gasteiger partial charge in [0.1, 0.15) is 5.69 Å². The van der Waals surface area contributed by atoms with E-state index in [1.54, 1.807) is 31.1 Å². The number of anilines is 1. The second-order valence-electron chi connectivity index (χ2n) is 6.53. The number of hydrogen-bond donors (Lipinski definition) is 1. The van der Waals surface area contributed by atoms with Crippen LogP contribution in [0.3, 0.4) is 0 Å². The Balaban J connectivity index is 1.99. The normalized spacial score (nSPS) is 15.6. The third-order valence-corrected chi connectivity index (χ3v) is 4.41. The number of Topliss-reactive ketones (excluding diaryl/α,β-unsaturated/α-hetero) is 1. The van der Waals surface area contributed by atoms with Crippen molar-refractivity contribution in [2.75, 3.05) is 39.0 Å². The van der Waals surface area contributed by atoms with Gasteiger partial charge in [-0.05, 0) is 31.9 Å². The van der Waals surface area contributed by atoms with Gasteiger partial charge in [0.2, 0.25) is 5.91 Å². The first kappa shape index (κ1) is 18.9. The number of rotatable bonds is 6. The van der Waals surface area contributed by atoms with Crippen molar-refractivity contribution in [1.82, 2.24) is 9.80 Å². The number of hydrogen-bond acceptors (Lipinski definition) is 6. The number of carbonyl (C=O) groups is 2. The number of nitrogens with zero attached hydrogens (tertiary/aromatic N) is 3. The van der Waals surface area contributed by atoms with E-state index < -0.39 is 4.92 Å². The maximum Gasteiger partial charge on any atom is 0.293 e. The van der Waals surface area contributed by atoms with Gasteiger partial charge in [0, 0.05) is 44.9 Å². The van der Waals surface area contributed by atoms with E-state index in [0.29, 0.717) is 17.8 Å². The van der Waals surface area contributed by atoms with E-state index in [1.165, 1.54) is 13.0 Å². The molecule has 1 N–H and O–H groups in total. The number of likely N-dealkylation sites (tertiary alicyclic amines) is 1. The molecule has 25 heavy (non-hydrogen) atoms. The molecule has 0 saturated carbocycles. The second-order valence-corrected chi connectivity index (χ2v) is 6.53. The molecule has 0 spiro atoms. The minimum absolute atomic E-state index is 0.0712. The summed E-state index contributed by atoms with van der Waals surface area (Å²) in [4.78, 5) is 37.6. The molecule has 0 atom stereocenters. The molecule has 8 nitrogen and oxygen atoms in total. The van der Waals surface area contributed by atoms with E-state index in [0.717, 1.165) is 25.9 Å². The van der Waals surface area contributed by atoms with E-state index in [1.807, 2.05) is 0 Å². The number of carbonyl (C=O) groups excluding carboxylic acids is 2. The summed E-state index contributed by atoms with van der Waals surface area (Å²) in [5.41, 5.74) is 0.671. The largest absolute Gasteiger partial charge is 0.377 e. The lowest BCUT2D eigenvalue weighted by Gasteiger charge is -2.32. The quantitative estimate of drug-likeness (QED) is 0.478. The van der Waals surface area contributed by atoms with Crippen LogP contribution in [0.25, 0.3) is 0 Å². The van der Waals surface area contributed by atoms with Gasteiger partial charge < -0.3 is 10.2 Å². The van der Waals surface area contributed by atoms with Gasteiger partial charge in [0.25, 0.3) is 5.69 Å². The van der Waals surface area contributed by atoms with Crippen LogP contribution in [0.4, 0.5) is 11.4 Å². The van der Waals surface area contributed by atoms with Crippen molar-refractivity contribution in [3.8, 4) is 0 Å². The molecular formula is C17H24N4O4. The van der Waals surface area contributed by atoms with Crippen molar-refractivity contribution < 1.29 is 14.5 Å². The number of nitro groups is 1. The smallest absolute Gasteiger partial charge is 0.293 e. The molecule has 0 bridgehead atoms. The number of piperidine rings is 1. The van der Waals surface area contributed by atoms with E-state index in [-0.39, 0.29) is 23.4 Å². The van der Waals surface area contributed by atoms with Crippen molar-refractivity contribution in [3.63, 3.8) is 0 Å². The monoisotopic (exact) mass is 348 g/mol. The summed E-state index contributed by atoms with van der Waals surface area (Å²) in [6.07, 6.45) is 1.60. The molecule has 0 aromatic heterocycles. The van der Waals surface area contributed by atoms with E-state index in [9.17, 15) is 19.7 Å². The lowest BCUT2D eigenvalue weighted by Crippen LogP contribution is -2.43. The predicted molar refractivity (Wildman–Crippen MR) is 94.9 cm³/mol. The zero-order chi connectivity index (χ0) is 18.6. The van der Waals surface area contributed by atoms with Crippen LogP contribution in [0.15, 0.2) is 18.2 Å². The highest BCUT2D eigenvalue weighted by atomic mass is 16.6. The standard InChI is InChI=1S/C17H24N4O4/c1-12(22)13-4-5-15(16(10-13)21(24)25)18-14-6-8-20(9-7-14)11-17(23)19(2)3/h4-5,10,14,18H,6-9,11H2,1-3H3. The summed E-state index contributed by atoms with van der Waals surface area (Å²) < 4.78 is 0. The molecule has 1 aromatic rings. The Morgan fingerprint density at radius 1 is 1.32 bits per heavy atom. The fourth-order valence-electron chi connectivity index (χ4n) is 2.81. The minimum atomic E-state index is -0.473. The van der Waals surface area contributed by atoms with Crippen molar-refractivity contribution in [3.05, 3.63) is 33.9 Å². The minimum Gasteiger partial charge on any atom is -0.377 e. The third kappa shape index (κ3) is 4.99. The lowest BCUT2D eigenvalue weighted by atomic mass is 10.0. The van der Waals surface area contributed by atoms with Gasteiger partial charge in [0.15, 0.2) is 5.78 Å². The van der Waals surface area contributed by atoms with E-state index in [4.69, 9.17) is 0 Å². The van der Waals surface area contributed by atoms with Crippen molar-refractivity contribution in [2.24, 2.45) is 0 Å². The fourth-order valence-corrected chi connectivity index (χ4v) is 2.81. The molecule has 0 unspecified atom stereocenters. The van der Waals surface area contributed by atoms with Crippen LogP contribution in [-0.4, -0.2) is 66.2 Å². The number of nitro benzene ring substituents is 1. The van der Waals surface area contributed by atoms with Gasteiger partial charge in [0.05, 0.1) is 11.5 Å². The molecule has 1 aliphatic rings. The Kier molecular flexibility index (Phi) is 6.08. The van der Waals surface area contributed by atoms with Crippen LogP contribution in [-0.2, 0) is 4.79 Å². The molecule has 2 rings (SSSR count). The number of nitrogens with one attached hydrogen (secondary N) is 1. The predicted octanol–water partition coefficient (Wildman–Crippen LogP) is 1.76. The topological polar surface area (TPSA) is 95.8 Å². The fraction of sp³-hybridized carbons (Fsp3) is 0.529. The van der Waals surface area contributed by atoms with Crippen molar-refractivity contribution in [1.29, 1.82) is 0 Å². The van der Waals surface area contributed by atoms with Crippen LogP contribution in [0.1, 0.15) is 30.1 Å². The number of ketones is 1. The molecule has 1 aliphatic heterocycles. The highest BCUT2D eigenvalue weighted by Gasteiger charge is 2.24. The average Bonchev–Trinajstić information content (AvgIpc) is 2.56. The first-order valence-electron chi connectivity index (χ1n) is 8.26. The Morgan fingerprint density at radius 2 is 1.96 bits per heavy atom. The SMILES string of the molecule is CC(=O)c1ccc(NC2CCN(CC(=O)N(C)C)CC2)c([N+](=O)[O-])c1. The van der Waals surface area contributed by atoms with Crippen molar-refractivity contribution >= 4 is 23.1 Å². The highest BCUT2D eigenvalue weighted by molar-refractivity contribution is 5.95. The Morgan fingerprint density at radius 3 is 2.48 bits per heavy atom. The second kappa shape index (κ2) is 8.06. The number of amides is 1. The van der Waals surface area contributed by atoms with Gasteiger partial charge in [-0.2, -0.15) is 0 Å². The molecular weight excluding hydrogens is 324 g/mol. The van der Waals surface area contributed by atoms with Gasteiger partial charge in [-0.1, -0.05) is 0 Å². The molecule has 1 aromatic carbocycles. The summed E-state index contributed by atoms with van der Waals surface area (Å²) in [6.45, 7) is 3.30. The Bertz CT molecular complexity index is 667. The van der Waals surface area contributed by atoms with Gasteiger partial charge >= 0.3 is 0 Å². The van der Waals surface area contributed by atoms with Gasteiger partial charge in [-0.15, -0.1) is 0 Å². The van der Waals surface area contributed by atoms with Crippen LogP contribution < -0.4 is 5.32 Å². The molecule has 1 amide bonds. The van der Waals surface area contributed by atoms with Crippen LogP contribution in [0.5, 0.6) is 0 Å². The van der Waals surface area contributed by atoms with Crippen LogP contribution in [0, 0.1) is 10.1 Å². The summed E-state index contributed by atoms with van der Waals surface area (Å²) >= 11 is 0. The first-order chi connectivity index (χ1) is 11.8. The summed E-state index contributed by atoms with van der Waals surface area (Å²) in [5.74, 6) is -0.129. The van der Waals surface area contributed by atoms with Gasteiger partial charge in [-0.3, -0.25) is 24.6 Å². The van der Waals surface area contributed by atoms with Crippen LogP contribution in [0.2, 0.25) is 0 Å². The zero-order valence-corrected chi connectivity index (χ0v) is 14.8. The van der Waals surface area contributed by atoms with E-state index in [2.05, 4.69) is 10.2 Å². The highest BCUT2D eigenvalue weighted by Crippen LogP contribution is 2.28. The van der Waals surface area contributed by atoms with Crippen molar-refractivity contribution in [2.45, 2.75) is 25.8 Å². The Hall–Kier alpha value is -2.48. The molecule has 0 radical (unpaired) electrons. The maximum absolute atomic E-state index is 11.8. The maximum atomic E-state index is 11.8. The van der Waals surface area contributed by atoms with Gasteiger partial charge in [-0.25, -0.2) is 0 Å². The van der Waals surface area contributed by atoms with E-state index >= 15 is 0 Å². The van der Waals surface area contributed by atoms with Crippen LogP contribution >= 0.6 is 0 Å². The lowest BCUT2D eigenvalue weighted by molar-refractivity contribution is -0.384. The zero-order valence-electron chi connectivity index (χ0n) is 14.8. The molecule has 1 saturated heterocycles. The summed E-state index contributed by atoms with van der Waals surface area (Å²) in [5, 5.41) is 14.5. The number of likely N-dealkylation sites (N-methyl/N-ethyl adjacent to an activating group) is 1. The molecule has 8 heteroatoms. The Labute approximate surface area is 146 Å². The average molecular weight is 348 g/mol. The molecule has 1 fully saturated rings. The third-order valence-electron chi connectivity index (χ3n) is 4.41. The summed E-state index contributed by atoms with van der Waals surface area (Å²) in [6, 6.07) is 4.61. The molecule has 0 aliphatic carbocycles.